The minimum atomic E-state index is -0.191. The second kappa shape index (κ2) is 5.26. The van der Waals surface area contributed by atoms with Gasteiger partial charge in [0.2, 0.25) is 0 Å². The summed E-state index contributed by atoms with van der Waals surface area (Å²) in [5.74, 6) is -0.0151. The van der Waals surface area contributed by atoms with Crippen molar-refractivity contribution >= 4 is 5.91 Å². The molecular formula is C12H19N5O2. The third-order valence-electron chi connectivity index (χ3n) is 4.09. The van der Waals surface area contributed by atoms with Crippen molar-refractivity contribution in [2.75, 3.05) is 19.7 Å². The van der Waals surface area contributed by atoms with Gasteiger partial charge in [0.05, 0.1) is 12.2 Å². The third kappa shape index (κ3) is 2.48. The number of aliphatic hydroxyl groups excluding tert-OH is 1. The maximum absolute atomic E-state index is 12.1. The molecular weight excluding hydrogens is 246 g/mol. The molecule has 1 saturated carbocycles. The number of carbonyl (C=O) groups excluding carboxylic acids is 1. The minimum Gasteiger partial charge on any atom is -0.396 e. The van der Waals surface area contributed by atoms with E-state index >= 15 is 0 Å². The van der Waals surface area contributed by atoms with Crippen LogP contribution in [-0.2, 0) is 0 Å². The van der Waals surface area contributed by atoms with Crippen LogP contribution in [0.25, 0.3) is 0 Å². The first-order chi connectivity index (χ1) is 9.28. The van der Waals surface area contributed by atoms with E-state index < -0.39 is 0 Å². The van der Waals surface area contributed by atoms with E-state index in [4.69, 9.17) is 0 Å². The first-order valence-corrected chi connectivity index (χ1v) is 6.82. The van der Waals surface area contributed by atoms with Gasteiger partial charge in [0.1, 0.15) is 0 Å². The molecule has 1 aromatic heterocycles. The molecule has 1 aromatic rings. The quantitative estimate of drug-likeness (QED) is 0.670. The Morgan fingerprint density at radius 2 is 2.37 bits per heavy atom. The van der Waals surface area contributed by atoms with Crippen molar-refractivity contribution in [3.63, 3.8) is 0 Å². The third-order valence-corrected chi connectivity index (χ3v) is 4.09. The van der Waals surface area contributed by atoms with Crippen LogP contribution in [0.5, 0.6) is 0 Å². The highest BCUT2D eigenvalue weighted by atomic mass is 16.3. The van der Waals surface area contributed by atoms with Gasteiger partial charge >= 0.3 is 0 Å². The number of carbonyl (C=O) groups is 1. The van der Waals surface area contributed by atoms with Crippen LogP contribution in [0, 0.1) is 5.92 Å². The normalized spacial score (nSPS) is 27.2. The topological polar surface area (TPSA) is 92.1 Å². The monoisotopic (exact) mass is 265 g/mol. The van der Waals surface area contributed by atoms with E-state index in [1.54, 1.807) is 10.9 Å². The molecule has 1 aliphatic carbocycles. The highest BCUT2D eigenvalue weighted by Crippen LogP contribution is 2.25. The van der Waals surface area contributed by atoms with Crippen molar-refractivity contribution in [1.29, 1.82) is 0 Å². The summed E-state index contributed by atoms with van der Waals surface area (Å²) in [5, 5.41) is 23.3. The van der Waals surface area contributed by atoms with Gasteiger partial charge in [0.25, 0.3) is 5.91 Å². The molecule has 2 heterocycles. The van der Waals surface area contributed by atoms with Crippen LogP contribution in [0.4, 0.5) is 0 Å². The van der Waals surface area contributed by atoms with E-state index in [1.807, 2.05) is 0 Å². The average molecular weight is 265 g/mol. The first kappa shape index (κ1) is 12.6. The fraction of sp³-hybridized carbons (Fsp3) is 0.750. The van der Waals surface area contributed by atoms with Crippen LogP contribution >= 0.6 is 0 Å². The lowest BCUT2D eigenvalue weighted by Gasteiger charge is -2.26. The van der Waals surface area contributed by atoms with Crippen LogP contribution < -0.4 is 10.6 Å². The maximum atomic E-state index is 12.1. The second-order valence-corrected chi connectivity index (χ2v) is 5.35. The molecule has 0 aromatic carbocycles. The Bertz CT molecular complexity index is 457. The lowest BCUT2D eigenvalue weighted by atomic mass is 10.1. The summed E-state index contributed by atoms with van der Waals surface area (Å²) in [6.45, 7) is 1.88. The van der Waals surface area contributed by atoms with Gasteiger partial charge in [-0.2, -0.15) is 0 Å². The van der Waals surface area contributed by atoms with Crippen LogP contribution in [0.15, 0.2) is 6.20 Å². The summed E-state index contributed by atoms with van der Waals surface area (Å²) in [6.07, 6.45) is 4.65. The van der Waals surface area contributed by atoms with E-state index in [-0.39, 0.29) is 24.5 Å². The first-order valence-electron chi connectivity index (χ1n) is 6.82. The average Bonchev–Trinajstić information content (AvgIpc) is 2.95. The summed E-state index contributed by atoms with van der Waals surface area (Å²) in [5.41, 5.74) is 0.357. The standard InChI is InChI=1S/C12H19N5O2/c18-7-8-2-1-3-10(8)14-12(19)11-6-17(16-15-11)9-4-13-5-9/h6,8-10,13,18H,1-5,7H2,(H,14,19). The molecule has 3 rings (SSSR count). The lowest BCUT2D eigenvalue weighted by molar-refractivity contribution is 0.0911. The molecule has 0 radical (unpaired) electrons. The van der Waals surface area contributed by atoms with E-state index in [0.717, 1.165) is 32.4 Å². The minimum absolute atomic E-state index is 0.0630. The van der Waals surface area contributed by atoms with E-state index in [9.17, 15) is 9.90 Å². The van der Waals surface area contributed by atoms with Crippen LogP contribution in [0.2, 0.25) is 0 Å². The number of rotatable bonds is 4. The number of amides is 1. The van der Waals surface area contributed by atoms with Crippen LogP contribution in [-0.4, -0.2) is 51.7 Å². The van der Waals surface area contributed by atoms with Gasteiger partial charge in [0, 0.05) is 31.7 Å². The Labute approximate surface area is 111 Å². The zero-order valence-corrected chi connectivity index (χ0v) is 10.7. The van der Waals surface area contributed by atoms with Gasteiger partial charge in [-0.25, -0.2) is 4.68 Å². The van der Waals surface area contributed by atoms with Crippen molar-refractivity contribution in [3.8, 4) is 0 Å². The molecule has 1 aliphatic heterocycles. The Morgan fingerprint density at radius 3 is 3.05 bits per heavy atom. The second-order valence-electron chi connectivity index (χ2n) is 5.35. The predicted molar refractivity (Wildman–Crippen MR) is 67.6 cm³/mol. The molecule has 0 bridgehead atoms. The predicted octanol–water partition coefficient (Wildman–Crippen LogP) is -0.687. The summed E-state index contributed by atoms with van der Waals surface area (Å²) < 4.78 is 1.74. The number of aromatic nitrogens is 3. The molecule has 7 nitrogen and oxygen atoms in total. The largest absolute Gasteiger partial charge is 0.396 e. The number of hydrogen-bond donors (Lipinski definition) is 3. The van der Waals surface area contributed by atoms with Gasteiger partial charge in [-0.1, -0.05) is 11.6 Å². The van der Waals surface area contributed by atoms with Crippen molar-refractivity contribution < 1.29 is 9.90 Å². The molecule has 1 saturated heterocycles. The van der Waals surface area contributed by atoms with Gasteiger partial charge in [-0.3, -0.25) is 4.79 Å². The van der Waals surface area contributed by atoms with Crippen molar-refractivity contribution in [2.45, 2.75) is 31.3 Å². The van der Waals surface area contributed by atoms with Crippen molar-refractivity contribution in [3.05, 3.63) is 11.9 Å². The lowest BCUT2D eigenvalue weighted by Crippen LogP contribution is -2.43. The number of aliphatic hydroxyl groups is 1. The number of nitrogens with one attached hydrogen (secondary N) is 2. The van der Waals surface area contributed by atoms with Gasteiger partial charge in [-0.15, -0.1) is 5.10 Å². The molecule has 104 valence electrons. The molecule has 2 fully saturated rings. The Morgan fingerprint density at radius 1 is 1.53 bits per heavy atom. The molecule has 2 aliphatic rings. The molecule has 7 heteroatoms. The summed E-state index contributed by atoms with van der Waals surface area (Å²) in [4.78, 5) is 12.1. The highest BCUT2D eigenvalue weighted by Gasteiger charge is 2.29. The zero-order valence-electron chi connectivity index (χ0n) is 10.7. The molecule has 3 N–H and O–H groups in total. The zero-order chi connectivity index (χ0) is 13.2. The summed E-state index contributed by atoms with van der Waals surface area (Å²) in [7, 11) is 0. The van der Waals surface area contributed by atoms with Gasteiger partial charge in [-0.05, 0) is 12.8 Å². The molecule has 1 amide bonds. The molecule has 2 atom stereocenters. The van der Waals surface area contributed by atoms with Gasteiger partial charge < -0.3 is 15.7 Å². The van der Waals surface area contributed by atoms with Crippen LogP contribution in [0.1, 0.15) is 35.8 Å². The Balaban J connectivity index is 1.61. The molecule has 2 unspecified atom stereocenters. The number of nitrogens with zero attached hydrogens (tertiary/aromatic N) is 3. The smallest absolute Gasteiger partial charge is 0.273 e. The van der Waals surface area contributed by atoms with Gasteiger partial charge in [0.15, 0.2) is 5.69 Å². The van der Waals surface area contributed by atoms with Crippen molar-refractivity contribution in [2.24, 2.45) is 5.92 Å². The highest BCUT2D eigenvalue weighted by molar-refractivity contribution is 5.92. The molecule has 0 spiro atoms. The Hall–Kier alpha value is -1.47. The SMILES string of the molecule is O=C(NC1CCCC1CO)c1cn(C2CNC2)nn1. The number of hydrogen-bond acceptors (Lipinski definition) is 5. The summed E-state index contributed by atoms with van der Waals surface area (Å²) >= 11 is 0. The maximum Gasteiger partial charge on any atom is 0.273 e. The fourth-order valence-electron chi connectivity index (χ4n) is 2.71. The Kier molecular flexibility index (Phi) is 3.48. The van der Waals surface area contributed by atoms with E-state index in [1.165, 1.54) is 0 Å². The van der Waals surface area contributed by atoms with E-state index in [0.29, 0.717) is 11.7 Å². The molecule has 19 heavy (non-hydrogen) atoms. The summed E-state index contributed by atoms with van der Waals surface area (Å²) in [6, 6.07) is 0.374. The van der Waals surface area contributed by atoms with Crippen molar-refractivity contribution in [1.82, 2.24) is 25.6 Å². The van der Waals surface area contributed by atoms with Crippen LogP contribution in [0.3, 0.4) is 0 Å². The fourth-order valence-corrected chi connectivity index (χ4v) is 2.71. The van der Waals surface area contributed by atoms with E-state index in [2.05, 4.69) is 20.9 Å².